The Morgan fingerprint density at radius 1 is 1.44 bits per heavy atom. The van der Waals surface area contributed by atoms with Crippen LogP contribution in [0.5, 0.6) is 0 Å². The van der Waals surface area contributed by atoms with Gasteiger partial charge >= 0.3 is 0 Å². The molecule has 1 aromatic heterocycles. The van der Waals surface area contributed by atoms with Gasteiger partial charge in [-0.05, 0) is 37.3 Å². The Kier molecular flexibility index (Phi) is 4.60. The second kappa shape index (κ2) is 5.67. The van der Waals surface area contributed by atoms with Gasteiger partial charge in [0.2, 0.25) is 0 Å². The highest BCUT2D eigenvalue weighted by molar-refractivity contribution is 7.91. The summed E-state index contributed by atoms with van der Waals surface area (Å²) in [7, 11) is -3.37. The number of hydrogen-bond acceptors (Lipinski definition) is 3. The topological polar surface area (TPSA) is 37.4 Å². The van der Waals surface area contributed by atoms with Crippen molar-refractivity contribution in [2.24, 2.45) is 5.92 Å². The van der Waals surface area contributed by atoms with Crippen LogP contribution in [0.25, 0.3) is 0 Å². The van der Waals surface area contributed by atoms with E-state index in [4.69, 9.17) is 23.2 Å². The van der Waals surface area contributed by atoms with E-state index < -0.39 is 10.0 Å². The number of rotatable bonds is 3. The molecule has 0 aliphatic carbocycles. The van der Waals surface area contributed by atoms with Crippen molar-refractivity contribution in [3.8, 4) is 0 Å². The number of nitrogens with zero attached hydrogens (tertiary/aromatic N) is 1. The molecule has 0 N–H and O–H groups in total. The molecule has 0 spiro atoms. The minimum atomic E-state index is -3.37. The van der Waals surface area contributed by atoms with E-state index in [0.717, 1.165) is 29.7 Å². The number of piperidine rings is 1. The summed E-state index contributed by atoms with van der Waals surface area (Å²) < 4.78 is 27.2. The van der Waals surface area contributed by atoms with E-state index in [-0.39, 0.29) is 0 Å². The van der Waals surface area contributed by atoms with Crippen molar-refractivity contribution in [1.82, 2.24) is 4.31 Å². The van der Waals surface area contributed by atoms with Gasteiger partial charge in [0.1, 0.15) is 4.21 Å². The highest BCUT2D eigenvalue weighted by Crippen LogP contribution is 2.33. The smallest absolute Gasteiger partial charge is 0.206 e. The third-order valence-corrected chi connectivity index (χ3v) is 7.56. The van der Waals surface area contributed by atoms with E-state index in [0.29, 0.717) is 33.4 Å². The Morgan fingerprint density at radius 2 is 2.06 bits per heavy atom. The summed E-state index contributed by atoms with van der Waals surface area (Å²) >= 11 is 12.9. The first kappa shape index (κ1) is 14.6. The predicted octanol–water partition coefficient (Wildman–Crippen LogP) is 3.35. The first-order chi connectivity index (χ1) is 8.45. The summed E-state index contributed by atoms with van der Waals surface area (Å²) in [6, 6.07) is 1.65. The molecule has 1 aromatic rings. The van der Waals surface area contributed by atoms with Crippen LogP contribution in [0, 0.1) is 12.8 Å². The molecule has 3 nitrogen and oxygen atoms in total. The van der Waals surface area contributed by atoms with Crippen molar-refractivity contribution >= 4 is 44.6 Å². The first-order valence-electron chi connectivity index (χ1n) is 5.77. The van der Waals surface area contributed by atoms with Crippen LogP contribution in [0.1, 0.15) is 18.4 Å². The van der Waals surface area contributed by atoms with Crippen LogP contribution < -0.4 is 0 Å². The molecule has 7 heteroatoms. The van der Waals surface area contributed by atoms with Gasteiger partial charge in [-0.3, -0.25) is 0 Å². The van der Waals surface area contributed by atoms with Crippen LogP contribution in [-0.4, -0.2) is 31.7 Å². The second-order valence-corrected chi connectivity index (χ2v) is 8.65. The van der Waals surface area contributed by atoms with E-state index in [1.807, 2.05) is 6.92 Å². The van der Waals surface area contributed by atoms with Gasteiger partial charge in [-0.15, -0.1) is 22.9 Å². The summed E-state index contributed by atoms with van der Waals surface area (Å²) in [5.74, 6) is 1.05. The fraction of sp³-hybridized carbons (Fsp3) is 0.636. The third kappa shape index (κ3) is 2.85. The molecule has 0 radical (unpaired) electrons. The van der Waals surface area contributed by atoms with Gasteiger partial charge < -0.3 is 0 Å². The van der Waals surface area contributed by atoms with Crippen LogP contribution in [0.4, 0.5) is 0 Å². The summed E-state index contributed by atoms with van der Waals surface area (Å²) in [6.45, 7) is 2.92. The predicted molar refractivity (Wildman–Crippen MR) is 76.3 cm³/mol. The Bertz CT molecular complexity index is 500. The van der Waals surface area contributed by atoms with Gasteiger partial charge in [-0.2, -0.15) is 4.31 Å². The van der Waals surface area contributed by atoms with Gasteiger partial charge in [0.25, 0.3) is 10.0 Å². The zero-order chi connectivity index (χ0) is 13.3. The van der Waals surface area contributed by atoms with E-state index in [9.17, 15) is 8.42 Å². The number of halogens is 2. The van der Waals surface area contributed by atoms with E-state index in [1.165, 1.54) is 4.31 Å². The molecule has 102 valence electrons. The summed E-state index contributed by atoms with van der Waals surface area (Å²) in [5.41, 5.74) is 0.816. The Morgan fingerprint density at radius 3 is 2.50 bits per heavy atom. The molecule has 0 amide bonds. The lowest BCUT2D eigenvalue weighted by Crippen LogP contribution is -2.38. The summed E-state index contributed by atoms with van der Waals surface area (Å²) in [6.07, 6.45) is 1.67. The average molecular weight is 328 g/mol. The minimum Gasteiger partial charge on any atom is -0.206 e. The zero-order valence-corrected chi connectivity index (χ0v) is 13.2. The molecule has 1 aliphatic heterocycles. The highest BCUT2D eigenvalue weighted by Gasteiger charge is 2.30. The van der Waals surface area contributed by atoms with Crippen molar-refractivity contribution in [3.63, 3.8) is 0 Å². The number of thiophene rings is 1. The first-order valence-corrected chi connectivity index (χ1v) is 8.94. The molecule has 0 bridgehead atoms. The van der Waals surface area contributed by atoms with Crippen molar-refractivity contribution in [2.75, 3.05) is 19.0 Å². The van der Waals surface area contributed by atoms with Crippen LogP contribution in [0.3, 0.4) is 0 Å². The van der Waals surface area contributed by atoms with Crippen LogP contribution in [0.15, 0.2) is 10.3 Å². The van der Waals surface area contributed by atoms with E-state index >= 15 is 0 Å². The number of alkyl halides is 1. The van der Waals surface area contributed by atoms with Crippen LogP contribution >= 0.6 is 34.5 Å². The Hall–Kier alpha value is 0.190. The van der Waals surface area contributed by atoms with Gasteiger partial charge in [0.05, 0.1) is 4.34 Å². The second-order valence-electron chi connectivity index (χ2n) is 4.52. The zero-order valence-electron chi connectivity index (χ0n) is 10.0. The lowest BCUT2D eigenvalue weighted by Gasteiger charge is -2.29. The molecule has 0 unspecified atom stereocenters. The largest absolute Gasteiger partial charge is 0.252 e. The molecule has 1 aliphatic rings. The van der Waals surface area contributed by atoms with Gasteiger partial charge in [0.15, 0.2) is 0 Å². The van der Waals surface area contributed by atoms with E-state index in [1.54, 1.807) is 6.07 Å². The monoisotopic (exact) mass is 327 g/mol. The third-order valence-electron chi connectivity index (χ3n) is 3.22. The van der Waals surface area contributed by atoms with Crippen molar-refractivity contribution in [1.29, 1.82) is 0 Å². The van der Waals surface area contributed by atoms with E-state index in [2.05, 4.69) is 0 Å². The molecule has 18 heavy (non-hydrogen) atoms. The highest BCUT2D eigenvalue weighted by atomic mass is 35.5. The maximum absolute atomic E-state index is 12.4. The number of hydrogen-bond donors (Lipinski definition) is 0. The maximum Gasteiger partial charge on any atom is 0.252 e. The minimum absolute atomic E-state index is 0.342. The number of sulfonamides is 1. The maximum atomic E-state index is 12.4. The van der Waals surface area contributed by atoms with Crippen molar-refractivity contribution in [2.45, 2.75) is 24.0 Å². The fourth-order valence-corrected chi connectivity index (χ4v) is 5.63. The van der Waals surface area contributed by atoms with Crippen LogP contribution in [-0.2, 0) is 10.0 Å². The molecular weight excluding hydrogens is 313 g/mol. The molecule has 2 rings (SSSR count). The molecule has 1 saturated heterocycles. The summed E-state index contributed by atoms with van der Waals surface area (Å²) in [5, 5.41) is 0. The molecule has 0 atom stereocenters. The van der Waals surface area contributed by atoms with Crippen molar-refractivity contribution in [3.05, 3.63) is 16.0 Å². The Balaban J connectivity index is 2.17. The normalized spacial score (nSPS) is 19.3. The molecule has 0 aromatic carbocycles. The SMILES string of the molecule is Cc1cc(S(=O)(=O)N2CCC(CCl)CC2)sc1Cl. The summed E-state index contributed by atoms with van der Waals surface area (Å²) in [4.78, 5) is 0. The molecule has 2 heterocycles. The lowest BCUT2D eigenvalue weighted by molar-refractivity contribution is 0.290. The van der Waals surface area contributed by atoms with Crippen LogP contribution in [0.2, 0.25) is 4.34 Å². The Labute approximate surface area is 122 Å². The van der Waals surface area contributed by atoms with Crippen molar-refractivity contribution < 1.29 is 8.42 Å². The molecular formula is C11H15Cl2NO2S2. The molecule has 0 saturated carbocycles. The standard InChI is InChI=1S/C11H15Cl2NO2S2/c1-8-6-10(17-11(8)13)18(15,16)14-4-2-9(7-12)3-5-14/h6,9H,2-5,7H2,1H3. The molecule has 1 fully saturated rings. The fourth-order valence-electron chi connectivity index (χ4n) is 1.99. The van der Waals surface area contributed by atoms with Gasteiger partial charge in [0, 0.05) is 19.0 Å². The number of aryl methyl sites for hydroxylation is 1. The quantitative estimate of drug-likeness (QED) is 0.798. The lowest BCUT2D eigenvalue weighted by atomic mass is 10.0. The van der Waals surface area contributed by atoms with Gasteiger partial charge in [-0.1, -0.05) is 11.6 Å². The van der Waals surface area contributed by atoms with Gasteiger partial charge in [-0.25, -0.2) is 8.42 Å². The average Bonchev–Trinajstić information content (AvgIpc) is 2.70.